The van der Waals surface area contributed by atoms with Gasteiger partial charge in [-0.15, -0.1) is 0 Å². The molecular formula is C24H17Cl2N5O2. The minimum atomic E-state index is -0.504. The van der Waals surface area contributed by atoms with Crippen LogP contribution in [0.25, 0.3) is 11.3 Å². The van der Waals surface area contributed by atoms with E-state index in [1.807, 2.05) is 36.4 Å². The van der Waals surface area contributed by atoms with Gasteiger partial charge in [0.05, 0.1) is 32.7 Å². The Bertz CT molecular complexity index is 1430. The normalized spacial score (nSPS) is 12.7. The monoisotopic (exact) mass is 477 g/mol. The van der Waals surface area contributed by atoms with Gasteiger partial charge < -0.3 is 15.6 Å². The summed E-state index contributed by atoms with van der Waals surface area (Å²) in [5.41, 5.74) is 5.35. The van der Waals surface area contributed by atoms with Gasteiger partial charge in [-0.1, -0.05) is 53.5 Å². The highest BCUT2D eigenvalue weighted by molar-refractivity contribution is 6.39. The van der Waals surface area contributed by atoms with Gasteiger partial charge in [0.15, 0.2) is 0 Å². The molecule has 0 saturated carbocycles. The number of fused-ring (bicyclic) bond motifs is 2. The summed E-state index contributed by atoms with van der Waals surface area (Å²) >= 11 is 12.1. The van der Waals surface area contributed by atoms with Gasteiger partial charge >= 0.3 is 6.03 Å². The van der Waals surface area contributed by atoms with E-state index >= 15 is 0 Å². The van der Waals surface area contributed by atoms with Crippen molar-refractivity contribution >= 4 is 52.0 Å². The van der Waals surface area contributed by atoms with Crippen LogP contribution in [-0.4, -0.2) is 21.7 Å². The summed E-state index contributed by atoms with van der Waals surface area (Å²) in [6, 6.07) is 14.5. The SMILES string of the molecule is O=C(Nc1ccc2c(c1)N=C(c1c3cccccc-3[nH]c1=O)CC2)Nc1c(Cl)cncc1Cl. The van der Waals surface area contributed by atoms with Crippen LogP contribution in [0.2, 0.25) is 10.0 Å². The van der Waals surface area contributed by atoms with E-state index in [9.17, 15) is 9.59 Å². The maximum absolute atomic E-state index is 12.7. The molecule has 0 spiro atoms. The van der Waals surface area contributed by atoms with Crippen molar-refractivity contribution in [2.24, 2.45) is 4.99 Å². The number of aryl methyl sites for hydroxylation is 1. The Morgan fingerprint density at radius 1 is 0.970 bits per heavy atom. The molecule has 3 N–H and O–H groups in total. The average molecular weight is 478 g/mol. The number of anilines is 2. The van der Waals surface area contributed by atoms with Crippen molar-refractivity contribution < 1.29 is 4.79 Å². The number of benzene rings is 1. The van der Waals surface area contributed by atoms with Gasteiger partial charge in [0.2, 0.25) is 0 Å². The van der Waals surface area contributed by atoms with E-state index in [4.69, 9.17) is 28.2 Å². The van der Waals surface area contributed by atoms with Crippen molar-refractivity contribution in [3.05, 3.63) is 92.5 Å². The number of amides is 2. The lowest BCUT2D eigenvalue weighted by molar-refractivity contribution is 0.262. The summed E-state index contributed by atoms with van der Waals surface area (Å²) in [7, 11) is 0. The second-order valence-corrected chi connectivity index (χ2v) is 8.34. The van der Waals surface area contributed by atoms with Crippen LogP contribution in [0.3, 0.4) is 0 Å². The van der Waals surface area contributed by atoms with E-state index in [1.54, 1.807) is 12.1 Å². The average Bonchev–Trinajstić information content (AvgIpc) is 2.94. The molecule has 2 aliphatic heterocycles. The Morgan fingerprint density at radius 3 is 2.58 bits per heavy atom. The number of nitrogens with zero attached hydrogens (tertiary/aromatic N) is 2. The number of aromatic amines is 1. The highest BCUT2D eigenvalue weighted by atomic mass is 35.5. The third-order valence-electron chi connectivity index (χ3n) is 5.39. The predicted molar refractivity (Wildman–Crippen MR) is 132 cm³/mol. The Kier molecular flexibility index (Phi) is 5.58. The van der Waals surface area contributed by atoms with Crippen LogP contribution in [0.4, 0.5) is 21.9 Å². The smallest absolute Gasteiger partial charge is 0.321 e. The molecule has 2 amide bonds. The van der Waals surface area contributed by atoms with Gasteiger partial charge in [0.1, 0.15) is 0 Å². The molecule has 0 fully saturated rings. The Labute approximate surface area is 198 Å². The minimum Gasteiger partial charge on any atom is -0.321 e. The molecule has 1 aromatic heterocycles. The number of hydrogen-bond donors (Lipinski definition) is 3. The van der Waals surface area contributed by atoms with E-state index in [0.29, 0.717) is 23.4 Å². The molecule has 164 valence electrons. The number of carbonyl (C=O) groups excluding carboxylic acids is 1. The Morgan fingerprint density at radius 2 is 1.76 bits per heavy atom. The summed E-state index contributed by atoms with van der Waals surface area (Å²) in [6.07, 6.45) is 4.19. The summed E-state index contributed by atoms with van der Waals surface area (Å²) in [6.45, 7) is 0. The van der Waals surface area contributed by atoms with E-state index in [2.05, 4.69) is 20.6 Å². The van der Waals surface area contributed by atoms with E-state index in [0.717, 1.165) is 29.0 Å². The first-order chi connectivity index (χ1) is 16.0. The zero-order valence-electron chi connectivity index (χ0n) is 17.2. The third kappa shape index (κ3) is 4.20. The topological polar surface area (TPSA) is 99.2 Å². The first kappa shape index (κ1) is 21.2. The van der Waals surface area contributed by atoms with Gasteiger partial charge in [-0.3, -0.25) is 14.8 Å². The number of carbonyl (C=O) groups is 1. The van der Waals surface area contributed by atoms with Crippen molar-refractivity contribution in [2.45, 2.75) is 12.8 Å². The fraction of sp³-hybridized carbons (Fsp3) is 0.0833. The zero-order chi connectivity index (χ0) is 22.9. The standard InChI is InChI=1S/C24H17Cl2N5O2/c25-16-11-27-12-17(26)22(16)31-24(33)28-14-8-6-13-7-9-19(29-20(13)10-14)21-15-4-2-1-3-5-18(15)30-23(21)32/h1-6,8,10-12H,7,9H2,(H,30,32)(H2,27,28,31,33). The zero-order valence-corrected chi connectivity index (χ0v) is 18.7. The number of urea groups is 1. The molecule has 0 bridgehead atoms. The molecule has 0 radical (unpaired) electrons. The van der Waals surface area contributed by atoms with Crippen molar-refractivity contribution in [1.29, 1.82) is 0 Å². The molecule has 3 heterocycles. The van der Waals surface area contributed by atoms with E-state index in [-0.39, 0.29) is 21.3 Å². The fourth-order valence-corrected chi connectivity index (χ4v) is 4.33. The van der Waals surface area contributed by atoms with Crippen LogP contribution in [0, 0.1) is 0 Å². The van der Waals surface area contributed by atoms with E-state index < -0.39 is 6.03 Å². The van der Waals surface area contributed by atoms with Crippen LogP contribution in [0.15, 0.2) is 70.7 Å². The molecule has 33 heavy (non-hydrogen) atoms. The van der Waals surface area contributed by atoms with Crippen LogP contribution in [0.5, 0.6) is 0 Å². The summed E-state index contributed by atoms with van der Waals surface area (Å²) < 4.78 is 0. The van der Waals surface area contributed by atoms with Crippen LogP contribution in [0.1, 0.15) is 17.5 Å². The molecule has 3 aliphatic rings. The molecule has 0 atom stereocenters. The lowest BCUT2D eigenvalue weighted by Gasteiger charge is -2.17. The molecule has 0 saturated heterocycles. The Hall–Kier alpha value is -3.68. The summed E-state index contributed by atoms with van der Waals surface area (Å²) in [5.74, 6) is 0. The molecule has 0 unspecified atom stereocenters. The van der Waals surface area contributed by atoms with Crippen LogP contribution in [-0.2, 0) is 6.42 Å². The minimum absolute atomic E-state index is 0.154. The number of halogens is 2. The maximum atomic E-state index is 12.7. The molecule has 7 nitrogen and oxygen atoms in total. The number of hydrogen-bond acceptors (Lipinski definition) is 4. The van der Waals surface area contributed by atoms with Crippen molar-refractivity contribution in [2.75, 3.05) is 10.6 Å². The number of aliphatic imine (C=N–C) groups is 1. The first-order valence-electron chi connectivity index (χ1n) is 10.2. The first-order valence-corrected chi connectivity index (χ1v) is 10.9. The van der Waals surface area contributed by atoms with E-state index in [1.165, 1.54) is 12.4 Å². The molecule has 9 heteroatoms. The lowest BCUT2D eigenvalue weighted by Crippen LogP contribution is -2.20. The summed E-state index contributed by atoms with van der Waals surface area (Å²) in [5, 5.41) is 5.87. The quantitative estimate of drug-likeness (QED) is 0.342. The van der Waals surface area contributed by atoms with Crippen LogP contribution >= 0.6 is 23.2 Å². The summed E-state index contributed by atoms with van der Waals surface area (Å²) in [4.78, 5) is 36.7. The maximum Gasteiger partial charge on any atom is 0.323 e. The van der Waals surface area contributed by atoms with Gasteiger partial charge in [0, 0.05) is 29.3 Å². The molecule has 5 rings (SSSR count). The highest BCUT2D eigenvalue weighted by Crippen LogP contribution is 2.33. The molecule has 2 aromatic rings. The van der Waals surface area contributed by atoms with Gasteiger partial charge in [-0.05, 0) is 36.6 Å². The van der Waals surface area contributed by atoms with Gasteiger partial charge in [-0.2, -0.15) is 0 Å². The third-order valence-corrected chi connectivity index (χ3v) is 5.97. The lowest BCUT2D eigenvalue weighted by atomic mass is 9.95. The van der Waals surface area contributed by atoms with Crippen molar-refractivity contribution in [3.8, 4) is 11.3 Å². The number of pyridine rings is 1. The molecule has 1 aliphatic carbocycles. The van der Waals surface area contributed by atoms with Gasteiger partial charge in [0.25, 0.3) is 5.56 Å². The Balaban J connectivity index is 1.43. The number of H-pyrrole nitrogens is 1. The van der Waals surface area contributed by atoms with Crippen molar-refractivity contribution in [3.63, 3.8) is 0 Å². The molecular weight excluding hydrogens is 461 g/mol. The fourth-order valence-electron chi connectivity index (χ4n) is 3.87. The predicted octanol–water partition coefficient (Wildman–Crippen LogP) is 5.89. The van der Waals surface area contributed by atoms with Crippen LogP contribution < -0.4 is 16.2 Å². The molecule has 1 aromatic carbocycles. The van der Waals surface area contributed by atoms with Crippen molar-refractivity contribution in [1.82, 2.24) is 9.97 Å². The largest absolute Gasteiger partial charge is 0.323 e. The second kappa shape index (κ2) is 8.69. The number of aromatic nitrogens is 2. The van der Waals surface area contributed by atoms with Gasteiger partial charge in [-0.25, -0.2) is 4.79 Å². The second-order valence-electron chi connectivity index (χ2n) is 7.53. The highest BCUT2D eigenvalue weighted by Gasteiger charge is 2.22. The number of rotatable bonds is 3. The number of nitrogens with one attached hydrogen (secondary N) is 3.